The highest BCUT2D eigenvalue weighted by atomic mass is 19.4. The van der Waals surface area contributed by atoms with Crippen molar-refractivity contribution in [3.05, 3.63) is 81.8 Å². The Morgan fingerprint density at radius 1 is 1.03 bits per heavy atom. The molecule has 4 rings (SSSR count). The minimum Gasteiger partial charge on any atom is -0.496 e. The highest BCUT2D eigenvalue weighted by Crippen LogP contribution is 2.30. The standard InChI is InChI=1S/C21H19F3N6O2/c1-32-17-8-3-2-5-13(17)11-26-19-28-20-27-16(10-18(31)30(20)29-19)12-25-15-7-4-6-14(9-15)21(22,23)24/h2-10,25H,11-12H2,1H3,(H2,26,27,28,29). The van der Waals surface area contributed by atoms with E-state index in [-0.39, 0.29) is 18.0 Å². The summed E-state index contributed by atoms with van der Waals surface area (Å²) >= 11 is 0. The third-order valence-electron chi connectivity index (χ3n) is 4.69. The molecular formula is C21H19F3N6O2. The van der Waals surface area contributed by atoms with Gasteiger partial charge in [0, 0.05) is 23.9 Å². The van der Waals surface area contributed by atoms with E-state index in [0.717, 1.165) is 17.7 Å². The van der Waals surface area contributed by atoms with Crippen molar-refractivity contribution in [3.8, 4) is 5.75 Å². The molecule has 11 heteroatoms. The maximum atomic E-state index is 12.9. The van der Waals surface area contributed by atoms with Crippen LogP contribution in [0, 0.1) is 0 Å². The van der Waals surface area contributed by atoms with Crippen molar-refractivity contribution >= 4 is 17.4 Å². The van der Waals surface area contributed by atoms with Gasteiger partial charge >= 0.3 is 6.18 Å². The number of fused-ring (bicyclic) bond motifs is 1. The number of nitrogens with zero attached hydrogens (tertiary/aromatic N) is 3. The van der Waals surface area contributed by atoms with E-state index in [2.05, 4.69) is 25.7 Å². The van der Waals surface area contributed by atoms with Gasteiger partial charge in [-0.15, -0.1) is 0 Å². The third kappa shape index (κ3) is 4.66. The smallest absolute Gasteiger partial charge is 0.416 e. The van der Waals surface area contributed by atoms with Gasteiger partial charge in [-0.25, -0.2) is 4.98 Å². The predicted octanol–water partition coefficient (Wildman–Crippen LogP) is 3.67. The summed E-state index contributed by atoms with van der Waals surface area (Å²) in [6.07, 6.45) is -4.43. The van der Waals surface area contributed by atoms with Gasteiger partial charge in [-0.1, -0.05) is 24.3 Å². The molecule has 8 nitrogen and oxygen atoms in total. The quantitative estimate of drug-likeness (QED) is 0.403. The van der Waals surface area contributed by atoms with Gasteiger partial charge in [0.1, 0.15) is 5.75 Å². The normalized spacial score (nSPS) is 11.5. The third-order valence-corrected chi connectivity index (χ3v) is 4.69. The lowest BCUT2D eigenvalue weighted by molar-refractivity contribution is -0.137. The van der Waals surface area contributed by atoms with E-state index in [9.17, 15) is 18.0 Å². The monoisotopic (exact) mass is 444 g/mol. The zero-order valence-corrected chi connectivity index (χ0v) is 16.9. The molecule has 2 aromatic heterocycles. The Kier molecular flexibility index (Phi) is 5.71. The van der Waals surface area contributed by atoms with Crippen LogP contribution >= 0.6 is 0 Å². The predicted molar refractivity (Wildman–Crippen MR) is 113 cm³/mol. The summed E-state index contributed by atoms with van der Waals surface area (Å²) in [7, 11) is 1.58. The van der Waals surface area contributed by atoms with E-state index < -0.39 is 17.3 Å². The summed E-state index contributed by atoms with van der Waals surface area (Å²) < 4.78 is 45.1. The Morgan fingerprint density at radius 2 is 1.84 bits per heavy atom. The minimum absolute atomic E-state index is 0.0594. The number of aromatic nitrogens is 4. The number of alkyl halides is 3. The number of anilines is 2. The summed E-state index contributed by atoms with van der Waals surface area (Å²) in [5.74, 6) is 1.19. The number of benzene rings is 2. The van der Waals surface area contributed by atoms with Crippen LogP contribution < -0.4 is 20.9 Å². The molecule has 0 aliphatic carbocycles. The summed E-state index contributed by atoms with van der Waals surface area (Å²) in [4.78, 5) is 21.0. The molecule has 0 unspecified atom stereocenters. The van der Waals surface area contributed by atoms with E-state index in [1.54, 1.807) is 7.11 Å². The number of H-pyrrole nitrogens is 1. The van der Waals surface area contributed by atoms with Gasteiger partial charge in [0.15, 0.2) is 0 Å². The van der Waals surface area contributed by atoms with Crippen LogP contribution in [0.15, 0.2) is 59.4 Å². The van der Waals surface area contributed by atoms with Crippen molar-refractivity contribution in [1.29, 1.82) is 0 Å². The number of methoxy groups -OCH3 is 1. The van der Waals surface area contributed by atoms with Crippen molar-refractivity contribution in [2.24, 2.45) is 0 Å². The molecule has 0 bridgehead atoms. The largest absolute Gasteiger partial charge is 0.496 e. The lowest BCUT2D eigenvalue weighted by Crippen LogP contribution is -2.17. The van der Waals surface area contributed by atoms with Crippen molar-refractivity contribution in [2.45, 2.75) is 19.3 Å². The summed E-state index contributed by atoms with van der Waals surface area (Å²) in [5, 5.41) is 8.76. The molecule has 0 amide bonds. The zero-order chi connectivity index (χ0) is 22.7. The van der Waals surface area contributed by atoms with E-state index in [0.29, 0.717) is 23.9 Å². The fourth-order valence-electron chi connectivity index (χ4n) is 3.12. The number of rotatable bonds is 7. The Bertz CT molecular complexity index is 1300. The van der Waals surface area contributed by atoms with Crippen LogP contribution in [-0.2, 0) is 19.3 Å². The van der Waals surface area contributed by atoms with Gasteiger partial charge in [-0.2, -0.15) is 22.7 Å². The van der Waals surface area contributed by atoms with E-state index in [1.807, 2.05) is 24.3 Å². The van der Waals surface area contributed by atoms with E-state index >= 15 is 0 Å². The lowest BCUT2D eigenvalue weighted by Gasteiger charge is -2.10. The van der Waals surface area contributed by atoms with E-state index in [1.165, 1.54) is 22.7 Å². The summed E-state index contributed by atoms with van der Waals surface area (Å²) in [6.45, 7) is 0.465. The maximum absolute atomic E-state index is 12.9. The van der Waals surface area contributed by atoms with Crippen LogP contribution in [0.2, 0.25) is 0 Å². The molecule has 4 aromatic rings. The summed E-state index contributed by atoms with van der Waals surface area (Å²) in [6, 6.07) is 13.6. The first kappa shape index (κ1) is 21.2. The number of aromatic amines is 1. The van der Waals surface area contributed by atoms with Crippen molar-refractivity contribution in [2.75, 3.05) is 17.7 Å². The average Bonchev–Trinajstić information content (AvgIpc) is 3.20. The van der Waals surface area contributed by atoms with Gasteiger partial charge in [-0.3, -0.25) is 9.89 Å². The van der Waals surface area contributed by atoms with Crippen LogP contribution in [0.4, 0.5) is 24.8 Å². The fourth-order valence-corrected chi connectivity index (χ4v) is 3.12. The highest BCUT2D eigenvalue weighted by molar-refractivity contribution is 5.47. The molecule has 0 saturated carbocycles. The van der Waals surface area contributed by atoms with Crippen LogP contribution in [0.25, 0.3) is 5.78 Å². The maximum Gasteiger partial charge on any atom is 0.416 e. The molecule has 2 heterocycles. The van der Waals surface area contributed by atoms with Crippen LogP contribution in [0.1, 0.15) is 16.8 Å². The first-order valence-electron chi connectivity index (χ1n) is 9.59. The van der Waals surface area contributed by atoms with Gasteiger partial charge in [0.2, 0.25) is 5.95 Å². The number of ether oxygens (including phenoxy) is 1. The molecule has 0 fully saturated rings. The van der Waals surface area contributed by atoms with Gasteiger partial charge < -0.3 is 15.4 Å². The Hall–Kier alpha value is -4.02. The van der Waals surface area contributed by atoms with Crippen molar-refractivity contribution < 1.29 is 17.9 Å². The first-order chi connectivity index (χ1) is 15.3. The molecular weight excluding hydrogens is 425 g/mol. The number of nitrogens with one attached hydrogen (secondary N) is 3. The Balaban J connectivity index is 1.49. The Labute approximate surface area is 180 Å². The van der Waals surface area contributed by atoms with Crippen LogP contribution in [0.3, 0.4) is 0 Å². The molecule has 0 aliphatic heterocycles. The van der Waals surface area contributed by atoms with Crippen LogP contribution in [-0.4, -0.2) is 26.7 Å². The van der Waals surface area contributed by atoms with Gasteiger partial charge in [0.05, 0.1) is 24.9 Å². The van der Waals surface area contributed by atoms with Gasteiger partial charge in [-0.05, 0) is 24.3 Å². The molecule has 32 heavy (non-hydrogen) atoms. The topological polar surface area (TPSA) is 96.3 Å². The first-order valence-corrected chi connectivity index (χ1v) is 9.59. The second-order valence-electron chi connectivity index (χ2n) is 6.89. The molecule has 0 spiro atoms. The lowest BCUT2D eigenvalue weighted by atomic mass is 10.2. The molecule has 166 valence electrons. The summed E-state index contributed by atoms with van der Waals surface area (Å²) in [5.41, 5.74) is 0.359. The number of para-hydroxylation sites is 1. The van der Waals surface area contributed by atoms with Crippen molar-refractivity contribution in [1.82, 2.24) is 19.6 Å². The number of hydrogen-bond acceptors (Lipinski definition) is 6. The van der Waals surface area contributed by atoms with Crippen molar-refractivity contribution in [3.63, 3.8) is 0 Å². The zero-order valence-electron chi connectivity index (χ0n) is 16.9. The molecule has 0 aliphatic rings. The minimum atomic E-state index is -4.43. The highest BCUT2D eigenvalue weighted by Gasteiger charge is 2.30. The van der Waals surface area contributed by atoms with Crippen LogP contribution in [0.5, 0.6) is 5.75 Å². The second kappa shape index (κ2) is 8.61. The number of halogens is 3. The van der Waals surface area contributed by atoms with E-state index in [4.69, 9.17) is 4.74 Å². The second-order valence-corrected chi connectivity index (χ2v) is 6.89. The Morgan fingerprint density at radius 3 is 2.62 bits per heavy atom. The SMILES string of the molecule is COc1ccccc1CNc1nc2nc(CNc3cccc(C(F)(F)F)c3)cc(=O)n2[nH]1. The molecule has 0 atom stereocenters. The molecule has 3 N–H and O–H groups in total. The fraction of sp³-hybridized carbons (Fsp3) is 0.190. The van der Waals surface area contributed by atoms with Gasteiger partial charge in [0.25, 0.3) is 11.3 Å². The average molecular weight is 444 g/mol. The molecule has 0 radical (unpaired) electrons. The molecule has 0 saturated heterocycles. The number of hydrogen-bond donors (Lipinski definition) is 3. The molecule has 2 aromatic carbocycles.